The van der Waals surface area contributed by atoms with Gasteiger partial charge >= 0.3 is 0 Å². The summed E-state index contributed by atoms with van der Waals surface area (Å²) in [6, 6.07) is 6.06. The molecule has 1 atom stereocenters. The summed E-state index contributed by atoms with van der Waals surface area (Å²) >= 11 is 0. The maximum absolute atomic E-state index is 6.38. The van der Waals surface area contributed by atoms with Crippen molar-refractivity contribution >= 4 is 0 Å². The fourth-order valence-corrected chi connectivity index (χ4v) is 2.50. The Kier molecular flexibility index (Phi) is 3.93. The Morgan fingerprint density at radius 2 is 2.22 bits per heavy atom. The summed E-state index contributed by atoms with van der Waals surface area (Å²) in [5.74, 6) is 0.976. The summed E-state index contributed by atoms with van der Waals surface area (Å²) in [6.07, 6.45) is 2.16. The smallest absolute Gasteiger partial charge is 0.127 e. The van der Waals surface area contributed by atoms with Crippen LogP contribution in [0.25, 0.3) is 0 Å². The van der Waals surface area contributed by atoms with Crippen LogP contribution in [0.1, 0.15) is 44.4 Å². The average Bonchev–Trinajstić information content (AvgIpc) is 2.37. The summed E-state index contributed by atoms with van der Waals surface area (Å²) in [7, 11) is 0. The van der Waals surface area contributed by atoms with Gasteiger partial charge in [0.05, 0.1) is 18.2 Å². The lowest BCUT2D eigenvalue weighted by atomic mass is 9.89. The summed E-state index contributed by atoms with van der Waals surface area (Å²) in [6.45, 7) is 7.50. The number of hydrogen-bond acceptors (Lipinski definition) is 3. The molecule has 0 amide bonds. The van der Waals surface area contributed by atoms with Crippen molar-refractivity contribution in [3.63, 3.8) is 0 Å². The third-order valence-corrected chi connectivity index (χ3v) is 3.56. The molecule has 0 aliphatic carbocycles. The monoisotopic (exact) mass is 249 g/mol. The molecule has 1 unspecified atom stereocenters. The van der Waals surface area contributed by atoms with E-state index in [1.165, 1.54) is 5.56 Å². The van der Waals surface area contributed by atoms with E-state index >= 15 is 0 Å². The van der Waals surface area contributed by atoms with Crippen LogP contribution in [-0.4, -0.2) is 18.8 Å². The highest BCUT2D eigenvalue weighted by Gasteiger charge is 2.31. The van der Waals surface area contributed by atoms with Gasteiger partial charge in [-0.3, -0.25) is 0 Å². The minimum atomic E-state index is -0.384. The molecule has 3 heteroatoms. The Hall–Kier alpha value is -1.06. The predicted octanol–water partition coefficient (Wildman–Crippen LogP) is 2.83. The molecule has 1 aromatic carbocycles. The van der Waals surface area contributed by atoms with Crippen LogP contribution in [0.4, 0.5) is 0 Å². The van der Waals surface area contributed by atoms with Crippen LogP contribution in [0, 0.1) is 0 Å². The SMILES string of the molecule is CCOC(C)(C)C(N)c1cccc2c1OCCC2. The Balaban J connectivity index is 2.33. The van der Waals surface area contributed by atoms with Gasteiger partial charge in [-0.25, -0.2) is 0 Å². The molecule has 1 heterocycles. The van der Waals surface area contributed by atoms with Crippen molar-refractivity contribution in [1.82, 2.24) is 0 Å². The van der Waals surface area contributed by atoms with E-state index in [1.807, 2.05) is 20.8 Å². The maximum atomic E-state index is 6.38. The van der Waals surface area contributed by atoms with E-state index in [4.69, 9.17) is 15.2 Å². The first-order chi connectivity index (χ1) is 8.56. The molecular weight excluding hydrogens is 226 g/mol. The van der Waals surface area contributed by atoms with Crippen LogP contribution in [0.2, 0.25) is 0 Å². The molecule has 2 N–H and O–H groups in total. The Morgan fingerprint density at radius 1 is 1.44 bits per heavy atom. The fourth-order valence-electron chi connectivity index (χ4n) is 2.50. The topological polar surface area (TPSA) is 44.5 Å². The molecule has 0 bridgehead atoms. The molecule has 1 aliphatic rings. The number of benzene rings is 1. The van der Waals surface area contributed by atoms with Crippen LogP contribution in [0.15, 0.2) is 18.2 Å². The molecule has 2 rings (SSSR count). The molecular formula is C15H23NO2. The van der Waals surface area contributed by atoms with E-state index in [-0.39, 0.29) is 11.6 Å². The normalized spacial score (nSPS) is 16.9. The lowest BCUT2D eigenvalue weighted by Crippen LogP contribution is -2.38. The molecule has 1 aromatic rings. The van der Waals surface area contributed by atoms with Gasteiger partial charge in [0.25, 0.3) is 0 Å². The number of rotatable bonds is 4. The fraction of sp³-hybridized carbons (Fsp3) is 0.600. The van der Waals surface area contributed by atoms with Crippen molar-refractivity contribution in [2.75, 3.05) is 13.2 Å². The van der Waals surface area contributed by atoms with Crippen LogP contribution >= 0.6 is 0 Å². The van der Waals surface area contributed by atoms with Gasteiger partial charge in [-0.2, -0.15) is 0 Å². The largest absolute Gasteiger partial charge is 0.493 e. The zero-order valence-electron chi connectivity index (χ0n) is 11.5. The zero-order valence-corrected chi connectivity index (χ0v) is 11.5. The van der Waals surface area contributed by atoms with Crippen LogP contribution in [0.3, 0.4) is 0 Å². The number of para-hydroxylation sites is 1. The van der Waals surface area contributed by atoms with E-state index in [1.54, 1.807) is 0 Å². The quantitative estimate of drug-likeness (QED) is 0.892. The van der Waals surface area contributed by atoms with Crippen LogP contribution in [0.5, 0.6) is 5.75 Å². The van der Waals surface area contributed by atoms with Crippen molar-refractivity contribution in [3.05, 3.63) is 29.3 Å². The minimum Gasteiger partial charge on any atom is -0.493 e. The summed E-state index contributed by atoms with van der Waals surface area (Å²) in [4.78, 5) is 0. The predicted molar refractivity (Wildman–Crippen MR) is 72.9 cm³/mol. The lowest BCUT2D eigenvalue weighted by Gasteiger charge is -2.33. The van der Waals surface area contributed by atoms with Gasteiger partial charge in [0.1, 0.15) is 5.75 Å². The molecule has 0 aromatic heterocycles. The standard InChI is InChI=1S/C15H23NO2/c1-4-18-15(2,3)14(16)12-9-5-7-11-8-6-10-17-13(11)12/h5,7,9,14H,4,6,8,10,16H2,1-3H3. The Morgan fingerprint density at radius 3 is 2.94 bits per heavy atom. The van der Waals surface area contributed by atoms with Crippen LogP contribution < -0.4 is 10.5 Å². The van der Waals surface area contributed by atoms with E-state index in [2.05, 4.69) is 18.2 Å². The maximum Gasteiger partial charge on any atom is 0.127 e. The van der Waals surface area contributed by atoms with Crippen molar-refractivity contribution in [1.29, 1.82) is 0 Å². The molecule has 0 fully saturated rings. The highest BCUT2D eigenvalue weighted by atomic mass is 16.5. The van der Waals surface area contributed by atoms with Crippen molar-refractivity contribution in [3.8, 4) is 5.75 Å². The van der Waals surface area contributed by atoms with Crippen molar-refractivity contribution in [2.24, 2.45) is 5.73 Å². The number of nitrogens with two attached hydrogens (primary N) is 1. The Bertz CT molecular complexity index is 415. The van der Waals surface area contributed by atoms with Crippen molar-refractivity contribution in [2.45, 2.75) is 45.3 Å². The van der Waals surface area contributed by atoms with Gasteiger partial charge in [-0.1, -0.05) is 18.2 Å². The summed E-state index contributed by atoms with van der Waals surface area (Å²) in [5, 5.41) is 0. The minimum absolute atomic E-state index is 0.175. The third-order valence-electron chi connectivity index (χ3n) is 3.56. The van der Waals surface area contributed by atoms with Gasteiger partial charge in [-0.15, -0.1) is 0 Å². The number of fused-ring (bicyclic) bond motifs is 1. The molecule has 3 nitrogen and oxygen atoms in total. The first-order valence-corrected chi connectivity index (χ1v) is 6.70. The van der Waals surface area contributed by atoms with E-state index < -0.39 is 0 Å². The molecule has 100 valence electrons. The van der Waals surface area contributed by atoms with Gasteiger partial charge in [-0.05, 0) is 39.2 Å². The van der Waals surface area contributed by atoms with E-state index in [0.29, 0.717) is 6.61 Å². The number of ether oxygens (including phenoxy) is 2. The molecule has 0 saturated heterocycles. The highest BCUT2D eigenvalue weighted by molar-refractivity contribution is 5.45. The van der Waals surface area contributed by atoms with Gasteiger partial charge in [0.2, 0.25) is 0 Å². The van der Waals surface area contributed by atoms with E-state index in [9.17, 15) is 0 Å². The molecule has 18 heavy (non-hydrogen) atoms. The second kappa shape index (κ2) is 5.29. The second-order valence-corrected chi connectivity index (χ2v) is 5.30. The average molecular weight is 249 g/mol. The number of hydrogen-bond donors (Lipinski definition) is 1. The van der Waals surface area contributed by atoms with Crippen LogP contribution in [-0.2, 0) is 11.2 Å². The molecule has 0 spiro atoms. The summed E-state index contributed by atoms with van der Waals surface area (Å²) < 4.78 is 11.6. The highest BCUT2D eigenvalue weighted by Crippen LogP contribution is 2.37. The summed E-state index contributed by atoms with van der Waals surface area (Å²) in [5.41, 5.74) is 8.32. The first kappa shape index (κ1) is 13.4. The first-order valence-electron chi connectivity index (χ1n) is 6.70. The van der Waals surface area contributed by atoms with Gasteiger partial charge in [0, 0.05) is 12.2 Å². The molecule has 1 aliphatic heterocycles. The van der Waals surface area contributed by atoms with Crippen molar-refractivity contribution < 1.29 is 9.47 Å². The van der Waals surface area contributed by atoms with Gasteiger partial charge in [0.15, 0.2) is 0 Å². The molecule has 0 saturated carbocycles. The number of aryl methyl sites for hydroxylation is 1. The Labute approximate surface area is 109 Å². The second-order valence-electron chi connectivity index (χ2n) is 5.30. The zero-order chi connectivity index (χ0) is 13.2. The molecule has 0 radical (unpaired) electrons. The van der Waals surface area contributed by atoms with E-state index in [0.717, 1.165) is 30.8 Å². The van der Waals surface area contributed by atoms with Gasteiger partial charge < -0.3 is 15.2 Å². The third kappa shape index (κ3) is 2.52. The lowest BCUT2D eigenvalue weighted by molar-refractivity contribution is -0.0304.